The van der Waals surface area contributed by atoms with Gasteiger partial charge < -0.3 is 5.73 Å². The number of rotatable bonds is 3. The van der Waals surface area contributed by atoms with Crippen LogP contribution in [0.2, 0.25) is 0 Å². The van der Waals surface area contributed by atoms with Crippen LogP contribution in [-0.4, -0.2) is 6.54 Å². The van der Waals surface area contributed by atoms with Gasteiger partial charge in [0, 0.05) is 4.47 Å². The van der Waals surface area contributed by atoms with Crippen molar-refractivity contribution in [3.63, 3.8) is 0 Å². The molecule has 0 amide bonds. The minimum absolute atomic E-state index is 0.113. The van der Waals surface area contributed by atoms with Crippen molar-refractivity contribution >= 4 is 15.9 Å². The van der Waals surface area contributed by atoms with Crippen LogP contribution in [0.4, 0.5) is 4.39 Å². The van der Waals surface area contributed by atoms with E-state index in [2.05, 4.69) is 15.9 Å². The quantitative estimate of drug-likeness (QED) is 0.898. The Hall–Kier alpha value is -0.410. The smallest absolute Gasteiger partial charge is 0.126 e. The maximum atomic E-state index is 13.5. The molecule has 1 aromatic rings. The first-order chi connectivity index (χ1) is 7.15. The molecule has 0 aromatic heterocycles. The molecule has 1 fully saturated rings. The molecule has 1 aliphatic carbocycles. The van der Waals surface area contributed by atoms with Crippen molar-refractivity contribution in [1.82, 2.24) is 0 Å². The van der Waals surface area contributed by atoms with Gasteiger partial charge >= 0.3 is 0 Å². The fourth-order valence-corrected chi connectivity index (χ4v) is 2.62. The highest BCUT2D eigenvalue weighted by molar-refractivity contribution is 9.10. The molecule has 3 heteroatoms. The van der Waals surface area contributed by atoms with Gasteiger partial charge in [-0.2, -0.15) is 0 Å². The van der Waals surface area contributed by atoms with Gasteiger partial charge in [-0.05, 0) is 55.0 Å². The van der Waals surface area contributed by atoms with E-state index in [0.717, 1.165) is 29.3 Å². The van der Waals surface area contributed by atoms with Crippen LogP contribution in [0.15, 0.2) is 22.7 Å². The van der Waals surface area contributed by atoms with E-state index in [4.69, 9.17) is 5.73 Å². The van der Waals surface area contributed by atoms with Crippen LogP contribution >= 0.6 is 15.9 Å². The Kier molecular flexibility index (Phi) is 3.12. The van der Waals surface area contributed by atoms with Gasteiger partial charge in [0.1, 0.15) is 5.82 Å². The fourth-order valence-electron chi connectivity index (χ4n) is 2.21. The molecule has 0 atom stereocenters. The van der Waals surface area contributed by atoms with Crippen LogP contribution in [0, 0.1) is 11.2 Å². The van der Waals surface area contributed by atoms with Crippen molar-refractivity contribution in [1.29, 1.82) is 0 Å². The zero-order valence-corrected chi connectivity index (χ0v) is 10.2. The van der Waals surface area contributed by atoms with E-state index < -0.39 is 0 Å². The predicted molar refractivity (Wildman–Crippen MR) is 63.1 cm³/mol. The summed E-state index contributed by atoms with van der Waals surface area (Å²) in [6.07, 6.45) is 4.27. The molecule has 0 spiro atoms. The van der Waals surface area contributed by atoms with Crippen molar-refractivity contribution in [2.45, 2.75) is 25.7 Å². The normalized spacial score (nSPS) is 18.6. The molecule has 0 radical (unpaired) electrons. The van der Waals surface area contributed by atoms with E-state index in [1.165, 1.54) is 12.5 Å². The van der Waals surface area contributed by atoms with Crippen molar-refractivity contribution in [2.75, 3.05) is 6.54 Å². The van der Waals surface area contributed by atoms with E-state index in [1.54, 1.807) is 6.07 Å². The summed E-state index contributed by atoms with van der Waals surface area (Å²) in [5.41, 5.74) is 6.73. The van der Waals surface area contributed by atoms with E-state index in [1.807, 2.05) is 6.07 Å². The summed E-state index contributed by atoms with van der Waals surface area (Å²) in [5, 5.41) is 0. The molecule has 0 heterocycles. The highest BCUT2D eigenvalue weighted by atomic mass is 79.9. The second-order valence-electron chi connectivity index (χ2n) is 4.47. The number of benzene rings is 1. The second kappa shape index (κ2) is 4.22. The molecule has 82 valence electrons. The summed E-state index contributed by atoms with van der Waals surface area (Å²) in [6.45, 7) is 0.666. The van der Waals surface area contributed by atoms with Gasteiger partial charge in [0.25, 0.3) is 0 Å². The molecule has 1 nitrogen and oxygen atoms in total. The van der Waals surface area contributed by atoms with Crippen LogP contribution < -0.4 is 5.73 Å². The summed E-state index contributed by atoms with van der Waals surface area (Å²) in [6, 6.07) is 5.11. The molecule has 1 saturated carbocycles. The van der Waals surface area contributed by atoms with Gasteiger partial charge in [-0.15, -0.1) is 0 Å². The summed E-state index contributed by atoms with van der Waals surface area (Å²) < 4.78 is 14.5. The van der Waals surface area contributed by atoms with E-state index in [9.17, 15) is 4.39 Å². The number of nitrogens with two attached hydrogens (primary N) is 1. The second-order valence-corrected chi connectivity index (χ2v) is 5.39. The molecule has 15 heavy (non-hydrogen) atoms. The third-order valence-corrected chi connectivity index (χ3v) is 3.91. The SMILES string of the molecule is NCC1(Cc2cc(Br)ccc2F)CCC1. The molecule has 0 unspecified atom stereocenters. The molecule has 2 rings (SSSR count). The summed E-state index contributed by atoms with van der Waals surface area (Å²) >= 11 is 3.37. The Morgan fingerprint density at radius 3 is 2.67 bits per heavy atom. The van der Waals surface area contributed by atoms with Gasteiger partial charge in [-0.1, -0.05) is 22.4 Å². The van der Waals surface area contributed by atoms with Crippen LogP contribution in [0.1, 0.15) is 24.8 Å². The van der Waals surface area contributed by atoms with Gasteiger partial charge in [0.2, 0.25) is 0 Å². The lowest BCUT2D eigenvalue weighted by Gasteiger charge is -2.41. The molecule has 1 aromatic carbocycles. The molecule has 0 bridgehead atoms. The molecular formula is C12H15BrFN. The number of halogens is 2. The molecule has 1 aliphatic rings. The van der Waals surface area contributed by atoms with Crippen LogP contribution in [-0.2, 0) is 6.42 Å². The number of hydrogen-bond donors (Lipinski definition) is 1. The van der Waals surface area contributed by atoms with E-state index >= 15 is 0 Å². The average molecular weight is 272 g/mol. The topological polar surface area (TPSA) is 26.0 Å². The lowest BCUT2D eigenvalue weighted by molar-refractivity contribution is 0.143. The third-order valence-electron chi connectivity index (χ3n) is 3.42. The van der Waals surface area contributed by atoms with Gasteiger partial charge in [0.15, 0.2) is 0 Å². The maximum absolute atomic E-state index is 13.5. The summed E-state index contributed by atoms with van der Waals surface area (Å²) in [5.74, 6) is -0.113. The first kappa shape index (κ1) is 11.1. The Morgan fingerprint density at radius 2 is 2.13 bits per heavy atom. The monoisotopic (exact) mass is 271 g/mol. The van der Waals surface area contributed by atoms with E-state index in [0.29, 0.717) is 6.54 Å². The largest absolute Gasteiger partial charge is 0.330 e. The lowest BCUT2D eigenvalue weighted by Crippen LogP contribution is -2.39. The van der Waals surface area contributed by atoms with Gasteiger partial charge in [-0.25, -0.2) is 4.39 Å². The van der Waals surface area contributed by atoms with Crippen molar-refractivity contribution in [2.24, 2.45) is 11.1 Å². The lowest BCUT2D eigenvalue weighted by atomic mass is 9.65. The fraction of sp³-hybridized carbons (Fsp3) is 0.500. The summed E-state index contributed by atoms with van der Waals surface area (Å²) in [7, 11) is 0. The highest BCUT2D eigenvalue weighted by Crippen LogP contribution is 2.43. The maximum Gasteiger partial charge on any atom is 0.126 e. The highest BCUT2D eigenvalue weighted by Gasteiger charge is 2.36. The first-order valence-corrected chi connectivity index (χ1v) is 6.09. The number of hydrogen-bond acceptors (Lipinski definition) is 1. The van der Waals surface area contributed by atoms with Crippen LogP contribution in [0.3, 0.4) is 0 Å². The molecule has 2 N–H and O–H groups in total. The molecular weight excluding hydrogens is 257 g/mol. The van der Waals surface area contributed by atoms with Crippen molar-refractivity contribution in [3.05, 3.63) is 34.1 Å². The Bertz CT molecular complexity index is 355. The third kappa shape index (κ3) is 2.23. The minimum atomic E-state index is -0.113. The Labute approximate surface area is 98.0 Å². The minimum Gasteiger partial charge on any atom is -0.330 e. The predicted octanol–water partition coefficient (Wildman–Crippen LogP) is 3.26. The van der Waals surface area contributed by atoms with Gasteiger partial charge in [-0.3, -0.25) is 0 Å². The average Bonchev–Trinajstić information content (AvgIpc) is 2.17. The van der Waals surface area contributed by atoms with Crippen LogP contribution in [0.25, 0.3) is 0 Å². The molecule has 0 saturated heterocycles. The summed E-state index contributed by atoms with van der Waals surface area (Å²) in [4.78, 5) is 0. The standard InChI is InChI=1S/C12H15BrFN/c13-10-2-3-11(14)9(6-10)7-12(8-15)4-1-5-12/h2-3,6H,1,4-5,7-8,15H2. The van der Waals surface area contributed by atoms with Crippen LogP contribution in [0.5, 0.6) is 0 Å². The zero-order chi connectivity index (χ0) is 10.9. The van der Waals surface area contributed by atoms with Gasteiger partial charge in [0.05, 0.1) is 0 Å². The van der Waals surface area contributed by atoms with E-state index in [-0.39, 0.29) is 11.2 Å². The van der Waals surface area contributed by atoms with Crippen molar-refractivity contribution < 1.29 is 4.39 Å². The first-order valence-electron chi connectivity index (χ1n) is 5.29. The molecule has 0 aliphatic heterocycles. The Balaban J connectivity index is 2.19. The Morgan fingerprint density at radius 1 is 1.40 bits per heavy atom. The van der Waals surface area contributed by atoms with Crippen molar-refractivity contribution in [3.8, 4) is 0 Å². The zero-order valence-electron chi connectivity index (χ0n) is 8.60.